The molecule has 1 atom stereocenters. The van der Waals surface area contributed by atoms with Crippen molar-refractivity contribution in [3.05, 3.63) is 29.8 Å². The first-order chi connectivity index (χ1) is 11.3. The van der Waals surface area contributed by atoms with Gasteiger partial charge < -0.3 is 20.3 Å². The number of benzene rings is 1. The van der Waals surface area contributed by atoms with Crippen molar-refractivity contribution in [2.75, 3.05) is 44.8 Å². The first-order valence-electron chi connectivity index (χ1n) is 8.62. The van der Waals surface area contributed by atoms with E-state index in [4.69, 9.17) is 4.74 Å². The molecule has 5 nitrogen and oxygen atoms in total. The maximum absolute atomic E-state index is 5.06. The number of hydrogen-bond acceptors (Lipinski definition) is 3. The van der Waals surface area contributed by atoms with Crippen LogP contribution in [0.15, 0.2) is 29.3 Å². The molecule has 1 unspecified atom stereocenters. The number of guanidine groups is 1. The summed E-state index contributed by atoms with van der Waals surface area (Å²) >= 11 is 0. The molecule has 2 N–H and O–H groups in total. The van der Waals surface area contributed by atoms with E-state index in [2.05, 4.69) is 58.6 Å². The third-order valence-electron chi connectivity index (χ3n) is 4.11. The fourth-order valence-corrected chi connectivity index (χ4v) is 3.01. The standard InChI is InChI=1S/C18H30N4O/c1-4-19-18(20-10-7-13-23-3)21-11-12-22-15(2)14-16-8-5-6-9-17(16)22/h5-6,8-9,15H,4,7,10-14H2,1-3H3,(H2,19,20,21). The van der Waals surface area contributed by atoms with E-state index < -0.39 is 0 Å². The Bertz CT molecular complexity index is 504. The zero-order chi connectivity index (χ0) is 16.5. The first kappa shape index (κ1) is 17.6. The van der Waals surface area contributed by atoms with E-state index in [0.29, 0.717) is 6.04 Å². The van der Waals surface area contributed by atoms with Gasteiger partial charge in [0, 0.05) is 51.6 Å². The van der Waals surface area contributed by atoms with Crippen LogP contribution in [0.25, 0.3) is 0 Å². The highest BCUT2D eigenvalue weighted by molar-refractivity contribution is 5.79. The number of nitrogens with zero attached hydrogens (tertiary/aromatic N) is 2. The smallest absolute Gasteiger partial charge is 0.191 e. The maximum atomic E-state index is 5.06. The molecular formula is C18H30N4O. The summed E-state index contributed by atoms with van der Waals surface area (Å²) in [5.41, 5.74) is 2.84. The van der Waals surface area contributed by atoms with E-state index in [0.717, 1.165) is 51.6 Å². The van der Waals surface area contributed by atoms with E-state index in [-0.39, 0.29) is 0 Å². The van der Waals surface area contributed by atoms with E-state index in [9.17, 15) is 0 Å². The summed E-state index contributed by atoms with van der Waals surface area (Å²) in [5, 5.41) is 6.73. The third-order valence-corrected chi connectivity index (χ3v) is 4.11. The van der Waals surface area contributed by atoms with Crippen molar-refractivity contribution in [1.29, 1.82) is 0 Å². The monoisotopic (exact) mass is 318 g/mol. The predicted molar refractivity (Wildman–Crippen MR) is 97.4 cm³/mol. The van der Waals surface area contributed by atoms with Gasteiger partial charge in [-0.2, -0.15) is 0 Å². The van der Waals surface area contributed by atoms with Gasteiger partial charge in [-0.3, -0.25) is 4.99 Å². The zero-order valence-electron chi connectivity index (χ0n) is 14.6. The van der Waals surface area contributed by atoms with Gasteiger partial charge >= 0.3 is 0 Å². The van der Waals surface area contributed by atoms with Crippen LogP contribution in [0.5, 0.6) is 0 Å². The Morgan fingerprint density at radius 3 is 2.96 bits per heavy atom. The van der Waals surface area contributed by atoms with Crippen LogP contribution < -0.4 is 15.5 Å². The molecule has 0 saturated heterocycles. The quantitative estimate of drug-likeness (QED) is 0.437. The lowest BCUT2D eigenvalue weighted by atomic mass is 10.1. The second kappa shape index (κ2) is 9.40. The van der Waals surface area contributed by atoms with E-state index in [1.54, 1.807) is 7.11 Å². The second-order valence-electron chi connectivity index (χ2n) is 5.91. The molecule has 1 aromatic carbocycles. The summed E-state index contributed by atoms with van der Waals surface area (Å²) in [6.07, 6.45) is 2.09. The van der Waals surface area contributed by atoms with Crippen LogP contribution in [0.2, 0.25) is 0 Å². The van der Waals surface area contributed by atoms with E-state index >= 15 is 0 Å². The molecule has 1 heterocycles. The lowest BCUT2D eigenvalue weighted by molar-refractivity contribution is 0.197. The second-order valence-corrected chi connectivity index (χ2v) is 5.91. The molecule has 1 aliphatic heterocycles. The summed E-state index contributed by atoms with van der Waals surface area (Å²) in [6.45, 7) is 8.67. The van der Waals surface area contributed by atoms with Crippen molar-refractivity contribution >= 4 is 11.6 Å². The first-order valence-corrected chi connectivity index (χ1v) is 8.62. The van der Waals surface area contributed by atoms with Crippen molar-refractivity contribution in [1.82, 2.24) is 10.6 Å². The molecule has 0 amide bonds. The molecule has 5 heteroatoms. The fraction of sp³-hybridized carbons (Fsp3) is 0.611. The van der Waals surface area contributed by atoms with Crippen LogP contribution in [-0.2, 0) is 11.2 Å². The summed E-state index contributed by atoms with van der Waals surface area (Å²) < 4.78 is 5.06. The normalized spacial score (nSPS) is 17.3. The molecule has 0 aromatic heterocycles. The Morgan fingerprint density at radius 2 is 2.17 bits per heavy atom. The van der Waals surface area contributed by atoms with Gasteiger partial charge in [0.15, 0.2) is 5.96 Å². The number of fused-ring (bicyclic) bond motifs is 1. The molecule has 0 saturated carbocycles. The van der Waals surface area contributed by atoms with Crippen LogP contribution >= 0.6 is 0 Å². The Balaban J connectivity index is 1.82. The van der Waals surface area contributed by atoms with Crippen LogP contribution in [-0.4, -0.2) is 51.9 Å². The van der Waals surface area contributed by atoms with Crippen molar-refractivity contribution in [3.63, 3.8) is 0 Å². The van der Waals surface area contributed by atoms with Gasteiger partial charge in [0.25, 0.3) is 0 Å². The molecule has 2 rings (SSSR count). The van der Waals surface area contributed by atoms with Gasteiger partial charge in [-0.25, -0.2) is 0 Å². The molecule has 23 heavy (non-hydrogen) atoms. The maximum Gasteiger partial charge on any atom is 0.191 e. The van der Waals surface area contributed by atoms with Crippen LogP contribution in [0, 0.1) is 0 Å². The number of hydrogen-bond donors (Lipinski definition) is 2. The van der Waals surface area contributed by atoms with Crippen LogP contribution in [0.1, 0.15) is 25.8 Å². The Hall–Kier alpha value is -1.75. The topological polar surface area (TPSA) is 48.9 Å². The van der Waals surface area contributed by atoms with Crippen molar-refractivity contribution in [2.24, 2.45) is 4.99 Å². The fourth-order valence-electron chi connectivity index (χ4n) is 3.01. The minimum atomic E-state index is 0.565. The lowest BCUT2D eigenvalue weighted by Crippen LogP contribution is -2.43. The minimum absolute atomic E-state index is 0.565. The molecule has 0 aliphatic carbocycles. The molecule has 1 aliphatic rings. The molecule has 128 valence electrons. The molecule has 0 fully saturated rings. The Kier molecular flexibility index (Phi) is 7.20. The van der Waals surface area contributed by atoms with Gasteiger partial charge in [0.1, 0.15) is 0 Å². The highest BCUT2D eigenvalue weighted by Crippen LogP contribution is 2.30. The molecular weight excluding hydrogens is 288 g/mol. The number of ether oxygens (including phenoxy) is 1. The zero-order valence-corrected chi connectivity index (χ0v) is 14.6. The van der Waals surface area contributed by atoms with Crippen molar-refractivity contribution in [3.8, 4) is 0 Å². The minimum Gasteiger partial charge on any atom is -0.385 e. The van der Waals surface area contributed by atoms with Gasteiger partial charge in [-0.15, -0.1) is 0 Å². The summed E-state index contributed by atoms with van der Waals surface area (Å²) in [5.74, 6) is 0.892. The van der Waals surface area contributed by atoms with Crippen molar-refractivity contribution in [2.45, 2.75) is 32.7 Å². The molecule has 1 aromatic rings. The van der Waals surface area contributed by atoms with Gasteiger partial charge in [0.2, 0.25) is 0 Å². The molecule has 0 bridgehead atoms. The summed E-state index contributed by atoms with van der Waals surface area (Å²) in [6, 6.07) is 9.28. The highest BCUT2D eigenvalue weighted by atomic mass is 16.5. The predicted octanol–water partition coefficient (Wildman–Crippen LogP) is 2.03. The highest BCUT2D eigenvalue weighted by Gasteiger charge is 2.24. The van der Waals surface area contributed by atoms with Crippen LogP contribution in [0.3, 0.4) is 0 Å². The van der Waals surface area contributed by atoms with Crippen LogP contribution in [0.4, 0.5) is 5.69 Å². The lowest BCUT2D eigenvalue weighted by Gasteiger charge is -2.25. The van der Waals surface area contributed by atoms with Crippen molar-refractivity contribution < 1.29 is 4.74 Å². The Morgan fingerprint density at radius 1 is 1.35 bits per heavy atom. The van der Waals surface area contributed by atoms with E-state index in [1.165, 1.54) is 11.3 Å². The Labute approximate surface area is 140 Å². The summed E-state index contributed by atoms with van der Waals surface area (Å²) in [4.78, 5) is 7.06. The average molecular weight is 318 g/mol. The summed E-state index contributed by atoms with van der Waals surface area (Å²) in [7, 11) is 1.72. The van der Waals surface area contributed by atoms with Gasteiger partial charge in [-0.05, 0) is 38.3 Å². The number of para-hydroxylation sites is 1. The molecule has 0 radical (unpaired) electrons. The van der Waals surface area contributed by atoms with E-state index in [1.807, 2.05) is 0 Å². The molecule has 0 spiro atoms. The van der Waals surface area contributed by atoms with Gasteiger partial charge in [-0.1, -0.05) is 18.2 Å². The number of aliphatic imine (C=N–C) groups is 1. The third kappa shape index (κ3) is 5.13. The van der Waals surface area contributed by atoms with Gasteiger partial charge in [0.05, 0.1) is 0 Å². The number of methoxy groups -OCH3 is 1. The number of nitrogens with one attached hydrogen (secondary N) is 2. The average Bonchev–Trinajstić information content (AvgIpc) is 2.87. The largest absolute Gasteiger partial charge is 0.385 e. The number of rotatable bonds is 8. The number of anilines is 1. The SMILES string of the molecule is CCNC(=NCCCOC)NCCN1c2ccccc2CC1C.